The van der Waals surface area contributed by atoms with Crippen LogP contribution in [0.1, 0.15) is 31.9 Å². The van der Waals surface area contributed by atoms with Gasteiger partial charge in [0.1, 0.15) is 0 Å². The van der Waals surface area contributed by atoms with Crippen molar-refractivity contribution in [3.8, 4) is 0 Å². The lowest BCUT2D eigenvalue weighted by Crippen LogP contribution is -2.22. The fraction of sp³-hybridized carbons (Fsp3) is 0.462. The van der Waals surface area contributed by atoms with Crippen molar-refractivity contribution < 1.29 is 9.53 Å². The van der Waals surface area contributed by atoms with Crippen LogP contribution in [0.4, 0.5) is 0 Å². The summed E-state index contributed by atoms with van der Waals surface area (Å²) in [5.41, 5.74) is 1.04. The van der Waals surface area contributed by atoms with Crippen LogP contribution in [-0.4, -0.2) is 19.1 Å². The van der Waals surface area contributed by atoms with E-state index in [0.717, 1.165) is 10.6 Å². The summed E-state index contributed by atoms with van der Waals surface area (Å²) in [5.74, 6) is -0.175. The van der Waals surface area contributed by atoms with Gasteiger partial charge in [-0.1, -0.05) is 29.8 Å². The van der Waals surface area contributed by atoms with Crippen LogP contribution < -0.4 is 5.32 Å². The Morgan fingerprint density at radius 2 is 2.18 bits per heavy atom. The van der Waals surface area contributed by atoms with Crippen LogP contribution in [0, 0.1) is 0 Å². The second-order valence-corrected chi connectivity index (χ2v) is 4.16. The Hall–Kier alpha value is -1.06. The second-order valence-electron chi connectivity index (χ2n) is 3.75. The molecule has 1 atom stereocenters. The monoisotopic (exact) mass is 255 g/mol. The zero-order valence-corrected chi connectivity index (χ0v) is 11.0. The smallest absolute Gasteiger partial charge is 0.307 e. The highest BCUT2D eigenvalue weighted by molar-refractivity contribution is 6.31. The Morgan fingerprint density at radius 3 is 2.82 bits per heavy atom. The van der Waals surface area contributed by atoms with Crippen molar-refractivity contribution >= 4 is 17.6 Å². The third kappa shape index (κ3) is 4.75. The van der Waals surface area contributed by atoms with Crippen LogP contribution in [-0.2, 0) is 9.53 Å². The van der Waals surface area contributed by atoms with Gasteiger partial charge in [0, 0.05) is 17.6 Å². The zero-order chi connectivity index (χ0) is 12.7. The van der Waals surface area contributed by atoms with Gasteiger partial charge in [-0.2, -0.15) is 0 Å². The highest BCUT2D eigenvalue weighted by atomic mass is 35.5. The first kappa shape index (κ1) is 14.0. The number of esters is 1. The van der Waals surface area contributed by atoms with Gasteiger partial charge in [-0.3, -0.25) is 4.79 Å². The number of nitrogens with one attached hydrogen (secondary N) is 1. The average Bonchev–Trinajstić information content (AvgIpc) is 2.29. The largest absolute Gasteiger partial charge is 0.466 e. The number of halogens is 1. The molecule has 0 aromatic heterocycles. The van der Waals surface area contributed by atoms with Gasteiger partial charge in [-0.25, -0.2) is 0 Å². The molecule has 0 amide bonds. The molecule has 0 bridgehead atoms. The van der Waals surface area contributed by atoms with Crippen molar-refractivity contribution in [2.24, 2.45) is 0 Å². The van der Waals surface area contributed by atoms with Gasteiger partial charge in [0.2, 0.25) is 0 Å². The summed E-state index contributed by atoms with van der Waals surface area (Å²) >= 11 is 6.08. The third-order valence-electron chi connectivity index (χ3n) is 2.46. The molecule has 0 saturated carbocycles. The van der Waals surface area contributed by atoms with Gasteiger partial charge in [0.05, 0.1) is 13.0 Å². The first-order valence-corrected chi connectivity index (χ1v) is 6.16. The SMILES string of the molecule is CCOC(=O)CCN[C@H](C)c1ccccc1Cl. The van der Waals surface area contributed by atoms with Crippen LogP contribution in [0.5, 0.6) is 0 Å². The maximum Gasteiger partial charge on any atom is 0.307 e. The highest BCUT2D eigenvalue weighted by Crippen LogP contribution is 2.21. The molecule has 4 heteroatoms. The summed E-state index contributed by atoms with van der Waals surface area (Å²) in [6.07, 6.45) is 0.378. The molecular formula is C13H18ClNO2. The number of ether oxygens (including phenoxy) is 1. The molecule has 0 heterocycles. The van der Waals surface area contributed by atoms with E-state index in [4.69, 9.17) is 16.3 Å². The summed E-state index contributed by atoms with van der Waals surface area (Å²) in [6.45, 7) is 4.84. The average molecular weight is 256 g/mol. The van der Waals surface area contributed by atoms with Crippen molar-refractivity contribution in [2.45, 2.75) is 26.3 Å². The first-order chi connectivity index (χ1) is 8.15. The van der Waals surface area contributed by atoms with E-state index in [9.17, 15) is 4.79 Å². The molecule has 1 N–H and O–H groups in total. The minimum absolute atomic E-state index is 0.123. The summed E-state index contributed by atoms with van der Waals surface area (Å²) < 4.78 is 4.85. The molecule has 1 aromatic carbocycles. The lowest BCUT2D eigenvalue weighted by molar-refractivity contribution is -0.142. The van der Waals surface area contributed by atoms with E-state index >= 15 is 0 Å². The van der Waals surface area contributed by atoms with Crippen molar-refractivity contribution in [2.75, 3.05) is 13.2 Å². The number of rotatable bonds is 6. The lowest BCUT2D eigenvalue weighted by Gasteiger charge is -2.15. The quantitative estimate of drug-likeness (QED) is 0.795. The summed E-state index contributed by atoms with van der Waals surface area (Å²) in [5, 5.41) is 3.98. The Labute approximate surface area is 107 Å². The zero-order valence-electron chi connectivity index (χ0n) is 10.2. The van der Waals surface area contributed by atoms with E-state index in [1.165, 1.54) is 0 Å². The van der Waals surface area contributed by atoms with Crippen LogP contribution in [0.2, 0.25) is 5.02 Å². The Balaban J connectivity index is 2.38. The van der Waals surface area contributed by atoms with E-state index in [-0.39, 0.29) is 12.0 Å². The van der Waals surface area contributed by atoms with Crippen molar-refractivity contribution in [3.05, 3.63) is 34.9 Å². The summed E-state index contributed by atoms with van der Waals surface area (Å²) in [6, 6.07) is 7.81. The molecule has 1 rings (SSSR count). The van der Waals surface area contributed by atoms with E-state index < -0.39 is 0 Å². The van der Waals surface area contributed by atoms with Gasteiger partial charge >= 0.3 is 5.97 Å². The fourth-order valence-corrected chi connectivity index (χ4v) is 1.86. The molecule has 0 spiro atoms. The predicted molar refractivity (Wildman–Crippen MR) is 69.1 cm³/mol. The molecule has 0 saturated heterocycles. The van der Waals surface area contributed by atoms with Gasteiger partial charge in [0.25, 0.3) is 0 Å². The normalized spacial score (nSPS) is 12.2. The molecule has 0 fully saturated rings. The molecule has 0 aliphatic heterocycles. The molecule has 0 unspecified atom stereocenters. The number of hydrogen-bond acceptors (Lipinski definition) is 3. The van der Waals surface area contributed by atoms with Gasteiger partial charge in [-0.05, 0) is 25.5 Å². The Kier molecular flexibility index (Phi) is 6.01. The molecular weight excluding hydrogens is 238 g/mol. The third-order valence-corrected chi connectivity index (χ3v) is 2.80. The minimum atomic E-state index is -0.175. The number of carbonyl (C=O) groups excluding carboxylic acids is 1. The maximum atomic E-state index is 11.1. The highest BCUT2D eigenvalue weighted by Gasteiger charge is 2.09. The second kappa shape index (κ2) is 7.30. The number of hydrogen-bond donors (Lipinski definition) is 1. The van der Waals surface area contributed by atoms with Crippen LogP contribution in [0.15, 0.2) is 24.3 Å². The minimum Gasteiger partial charge on any atom is -0.466 e. The van der Waals surface area contributed by atoms with Gasteiger partial charge < -0.3 is 10.1 Å². The topological polar surface area (TPSA) is 38.3 Å². The van der Waals surface area contributed by atoms with Crippen LogP contribution >= 0.6 is 11.6 Å². The van der Waals surface area contributed by atoms with Crippen LogP contribution in [0.3, 0.4) is 0 Å². The fourth-order valence-electron chi connectivity index (χ4n) is 1.56. The van der Waals surface area contributed by atoms with Crippen molar-refractivity contribution in [1.82, 2.24) is 5.32 Å². The van der Waals surface area contributed by atoms with E-state index in [1.54, 1.807) is 6.92 Å². The molecule has 0 aliphatic carbocycles. The van der Waals surface area contributed by atoms with E-state index in [0.29, 0.717) is 19.6 Å². The molecule has 94 valence electrons. The molecule has 0 aliphatic rings. The Bertz CT molecular complexity index is 368. The summed E-state index contributed by atoms with van der Waals surface area (Å²) in [7, 11) is 0. The van der Waals surface area contributed by atoms with E-state index in [2.05, 4.69) is 5.32 Å². The molecule has 3 nitrogen and oxygen atoms in total. The molecule has 0 radical (unpaired) electrons. The number of benzene rings is 1. The summed E-state index contributed by atoms with van der Waals surface area (Å²) in [4.78, 5) is 11.1. The number of carbonyl (C=O) groups is 1. The van der Waals surface area contributed by atoms with Gasteiger partial charge in [0.15, 0.2) is 0 Å². The van der Waals surface area contributed by atoms with Crippen LogP contribution in [0.25, 0.3) is 0 Å². The van der Waals surface area contributed by atoms with E-state index in [1.807, 2.05) is 31.2 Å². The molecule has 17 heavy (non-hydrogen) atoms. The Morgan fingerprint density at radius 1 is 1.47 bits per heavy atom. The first-order valence-electron chi connectivity index (χ1n) is 5.78. The molecule has 1 aromatic rings. The lowest BCUT2D eigenvalue weighted by atomic mass is 10.1. The standard InChI is InChI=1S/C13H18ClNO2/c1-3-17-13(16)8-9-15-10(2)11-6-4-5-7-12(11)14/h4-7,10,15H,3,8-9H2,1-2H3/t10-/m1/s1. The van der Waals surface area contributed by atoms with Gasteiger partial charge in [-0.15, -0.1) is 0 Å². The predicted octanol–water partition coefficient (Wildman–Crippen LogP) is 2.94. The van der Waals surface area contributed by atoms with Crippen molar-refractivity contribution in [3.63, 3.8) is 0 Å². The van der Waals surface area contributed by atoms with Crippen molar-refractivity contribution in [1.29, 1.82) is 0 Å². The maximum absolute atomic E-state index is 11.1.